The van der Waals surface area contributed by atoms with Gasteiger partial charge in [0.2, 0.25) is 11.8 Å². The number of nitrogens with one attached hydrogen (secondary N) is 2. The van der Waals surface area contributed by atoms with Gasteiger partial charge in [-0.1, -0.05) is 0 Å². The summed E-state index contributed by atoms with van der Waals surface area (Å²) in [7, 11) is 0. The summed E-state index contributed by atoms with van der Waals surface area (Å²) in [6.07, 6.45) is 3.63. The molecule has 0 unspecified atom stereocenters. The van der Waals surface area contributed by atoms with E-state index in [1.807, 2.05) is 0 Å². The Hall–Kier alpha value is -2.44. The van der Waals surface area contributed by atoms with E-state index in [9.17, 15) is 14.4 Å². The zero-order valence-corrected chi connectivity index (χ0v) is 10.9. The summed E-state index contributed by atoms with van der Waals surface area (Å²) in [6.45, 7) is 0.636. The minimum absolute atomic E-state index is 0.145. The van der Waals surface area contributed by atoms with Crippen LogP contribution in [0, 0.1) is 0 Å². The molecule has 1 fully saturated rings. The highest BCUT2D eigenvalue weighted by Crippen LogP contribution is 2.07. The minimum Gasteiger partial charge on any atom is -0.366 e. The average Bonchev–Trinajstić information content (AvgIpc) is 2.64. The molecular formula is C13H16N4O3. The van der Waals surface area contributed by atoms with Gasteiger partial charge in [-0.2, -0.15) is 0 Å². The molecule has 7 nitrogen and oxygen atoms in total. The number of aromatic nitrogens is 1. The molecule has 0 spiro atoms. The highest BCUT2D eigenvalue weighted by molar-refractivity contribution is 5.97. The quantitative estimate of drug-likeness (QED) is 0.695. The lowest BCUT2D eigenvalue weighted by molar-refractivity contribution is -0.122. The van der Waals surface area contributed by atoms with Gasteiger partial charge in [-0.25, -0.2) is 0 Å². The number of amides is 3. The van der Waals surface area contributed by atoms with Crippen LogP contribution in [0.25, 0.3) is 0 Å². The number of carbonyl (C=O) groups excluding carboxylic acids is 3. The number of hydrogen-bond donors (Lipinski definition) is 3. The van der Waals surface area contributed by atoms with Gasteiger partial charge in [0.1, 0.15) is 11.7 Å². The predicted octanol–water partition coefficient (Wildman–Crippen LogP) is -0.421. The van der Waals surface area contributed by atoms with Crippen molar-refractivity contribution in [3.05, 3.63) is 29.6 Å². The molecule has 0 aromatic carbocycles. The first-order chi connectivity index (χ1) is 9.58. The van der Waals surface area contributed by atoms with E-state index in [-0.39, 0.29) is 17.2 Å². The largest absolute Gasteiger partial charge is 0.366 e. The maximum atomic E-state index is 12.0. The molecule has 1 aliphatic heterocycles. The molecule has 1 saturated heterocycles. The van der Waals surface area contributed by atoms with Gasteiger partial charge < -0.3 is 16.4 Å². The van der Waals surface area contributed by atoms with Crippen molar-refractivity contribution < 1.29 is 14.4 Å². The molecular weight excluding hydrogens is 260 g/mol. The molecule has 4 N–H and O–H groups in total. The molecule has 0 bridgehead atoms. The summed E-state index contributed by atoms with van der Waals surface area (Å²) in [4.78, 5) is 38.5. The zero-order valence-electron chi connectivity index (χ0n) is 10.9. The van der Waals surface area contributed by atoms with E-state index in [0.717, 1.165) is 12.8 Å². The van der Waals surface area contributed by atoms with Crippen LogP contribution < -0.4 is 16.4 Å². The molecule has 106 valence electrons. The van der Waals surface area contributed by atoms with Gasteiger partial charge in [-0.15, -0.1) is 0 Å². The van der Waals surface area contributed by atoms with E-state index in [1.165, 1.54) is 18.3 Å². The summed E-state index contributed by atoms with van der Waals surface area (Å²) < 4.78 is 0. The molecule has 2 heterocycles. The van der Waals surface area contributed by atoms with E-state index in [0.29, 0.717) is 13.0 Å². The van der Waals surface area contributed by atoms with Crippen LogP contribution in [0.2, 0.25) is 0 Å². The Labute approximate surface area is 115 Å². The normalized spacial score (nSPS) is 18.8. The maximum Gasteiger partial charge on any atom is 0.270 e. The molecule has 0 saturated carbocycles. The lowest BCUT2D eigenvalue weighted by Crippen LogP contribution is -2.45. The van der Waals surface area contributed by atoms with Crippen molar-refractivity contribution in [2.45, 2.75) is 25.3 Å². The SMILES string of the molecule is NC(=O)c1ccc(C(=O)N[C@@H]2CCCCNC2=O)nc1. The second kappa shape index (κ2) is 6.14. The third-order valence-electron chi connectivity index (χ3n) is 3.12. The van der Waals surface area contributed by atoms with Crippen molar-refractivity contribution in [2.24, 2.45) is 5.73 Å². The summed E-state index contributed by atoms with van der Waals surface area (Å²) in [5.74, 6) is -1.22. The van der Waals surface area contributed by atoms with E-state index in [4.69, 9.17) is 5.73 Å². The second-order valence-corrected chi connectivity index (χ2v) is 4.61. The van der Waals surface area contributed by atoms with Crippen molar-refractivity contribution in [3.8, 4) is 0 Å². The topological polar surface area (TPSA) is 114 Å². The van der Waals surface area contributed by atoms with Gasteiger partial charge in [0.05, 0.1) is 5.56 Å². The monoisotopic (exact) mass is 276 g/mol. The van der Waals surface area contributed by atoms with Crippen LogP contribution >= 0.6 is 0 Å². The second-order valence-electron chi connectivity index (χ2n) is 4.61. The molecule has 1 aliphatic rings. The summed E-state index contributed by atoms with van der Waals surface area (Å²) in [5.41, 5.74) is 5.47. The Bertz CT molecular complexity index is 527. The third-order valence-corrected chi connectivity index (χ3v) is 3.12. The molecule has 3 amide bonds. The van der Waals surface area contributed by atoms with Crippen LogP contribution in [0.4, 0.5) is 0 Å². The van der Waals surface area contributed by atoms with E-state index < -0.39 is 17.9 Å². The van der Waals surface area contributed by atoms with Crippen molar-refractivity contribution >= 4 is 17.7 Å². The Kier molecular flexibility index (Phi) is 4.29. The van der Waals surface area contributed by atoms with Crippen LogP contribution in [-0.2, 0) is 4.79 Å². The average molecular weight is 276 g/mol. The molecule has 7 heteroatoms. The van der Waals surface area contributed by atoms with Crippen LogP contribution in [0.5, 0.6) is 0 Å². The first kappa shape index (κ1) is 14.0. The fourth-order valence-electron chi connectivity index (χ4n) is 1.98. The first-order valence-corrected chi connectivity index (χ1v) is 6.42. The Morgan fingerprint density at radius 1 is 1.35 bits per heavy atom. The third kappa shape index (κ3) is 3.31. The maximum absolute atomic E-state index is 12.0. The molecule has 1 atom stereocenters. The van der Waals surface area contributed by atoms with E-state index >= 15 is 0 Å². The van der Waals surface area contributed by atoms with Crippen molar-refractivity contribution in [1.29, 1.82) is 0 Å². The molecule has 2 rings (SSSR count). The van der Waals surface area contributed by atoms with Gasteiger partial charge in [0.15, 0.2) is 0 Å². The van der Waals surface area contributed by atoms with Crippen molar-refractivity contribution in [2.75, 3.05) is 6.54 Å². The van der Waals surface area contributed by atoms with Gasteiger partial charge in [0, 0.05) is 12.7 Å². The highest BCUT2D eigenvalue weighted by Gasteiger charge is 2.23. The number of pyridine rings is 1. The highest BCUT2D eigenvalue weighted by atomic mass is 16.2. The molecule has 0 radical (unpaired) electrons. The molecule has 0 aliphatic carbocycles. The number of rotatable bonds is 3. The number of nitrogens with zero attached hydrogens (tertiary/aromatic N) is 1. The molecule has 1 aromatic rings. The fraction of sp³-hybridized carbons (Fsp3) is 0.385. The minimum atomic E-state index is -0.604. The van der Waals surface area contributed by atoms with Crippen molar-refractivity contribution in [1.82, 2.24) is 15.6 Å². The molecule has 1 aromatic heterocycles. The number of carbonyl (C=O) groups is 3. The standard InChI is InChI=1S/C13H16N4O3/c14-11(18)8-4-5-9(16-7-8)13(20)17-10-3-1-2-6-15-12(10)19/h4-5,7,10H,1-3,6H2,(H2,14,18)(H,15,19)(H,17,20)/t10-/m1/s1. The summed E-state index contributed by atoms with van der Waals surface area (Å²) >= 11 is 0. The Morgan fingerprint density at radius 2 is 2.15 bits per heavy atom. The predicted molar refractivity (Wildman–Crippen MR) is 70.9 cm³/mol. The van der Waals surface area contributed by atoms with Gasteiger partial charge in [-0.3, -0.25) is 19.4 Å². The first-order valence-electron chi connectivity index (χ1n) is 6.42. The fourth-order valence-corrected chi connectivity index (χ4v) is 1.98. The summed E-state index contributed by atoms with van der Waals surface area (Å²) in [5, 5.41) is 5.38. The lowest BCUT2D eigenvalue weighted by atomic mass is 10.1. The molecule has 20 heavy (non-hydrogen) atoms. The van der Waals surface area contributed by atoms with Crippen molar-refractivity contribution in [3.63, 3.8) is 0 Å². The number of nitrogens with two attached hydrogens (primary N) is 1. The zero-order chi connectivity index (χ0) is 14.5. The lowest BCUT2D eigenvalue weighted by Gasteiger charge is -2.14. The van der Waals surface area contributed by atoms with Crippen LogP contribution in [0.3, 0.4) is 0 Å². The van der Waals surface area contributed by atoms with Gasteiger partial charge in [-0.05, 0) is 31.4 Å². The van der Waals surface area contributed by atoms with E-state index in [2.05, 4.69) is 15.6 Å². The van der Waals surface area contributed by atoms with Gasteiger partial charge in [0.25, 0.3) is 5.91 Å². The van der Waals surface area contributed by atoms with E-state index in [1.54, 1.807) is 0 Å². The van der Waals surface area contributed by atoms with Crippen LogP contribution in [0.15, 0.2) is 18.3 Å². The number of hydrogen-bond acceptors (Lipinski definition) is 4. The summed E-state index contributed by atoms with van der Waals surface area (Å²) in [6, 6.07) is 2.30. The van der Waals surface area contributed by atoms with Crippen LogP contribution in [0.1, 0.15) is 40.1 Å². The van der Waals surface area contributed by atoms with Crippen LogP contribution in [-0.4, -0.2) is 35.3 Å². The number of primary amides is 1. The van der Waals surface area contributed by atoms with Gasteiger partial charge >= 0.3 is 0 Å². The Balaban J connectivity index is 2.03. The smallest absolute Gasteiger partial charge is 0.270 e. The Morgan fingerprint density at radius 3 is 2.80 bits per heavy atom.